The number of nitrogens with one attached hydrogen (secondary N) is 1. The Labute approximate surface area is 177 Å². The number of anilines is 2. The third-order valence-corrected chi connectivity index (χ3v) is 4.65. The van der Waals surface area contributed by atoms with Crippen LogP contribution in [0.2, 0.25) is 0 Å². The molecular formula is C22H23FN4O4. The lowest BCUT2D eigenvalue weighted by atomic mass is 10.2. The molecule has 0 aliphatic heterocycles. The predicted molar refractivity (Wildman–Crippen MR) is 116 cm³/mol. The van der Waals surface area contributed by atoms with Crippen LogP contribution in [-0.2, 0) is 17.9 Å². The smallest absolute Gasteiger partial charge is 0.330 e. The number of halogens is 1. The van der Waals surface area contributed by atoms with Gasteiger partial charge in [-0.3, -0.25) is 24.0 Å². The maximum Gasteiger partial charge on any atom is 0.330 e. The number of aromatic amines is 1. The van der Waals surface area contributed by atoms with Crippen molar-refractivity contribution in [2.24, 2.45) is 0 Å². The number of aromatic nitrogens is 2. The van der Waals surface area contributed by atoms with Gasteiger partial charge in [0.25, 0.3) is 11.5 Å². The van der Waals surface area contributed by atoms with E-state index in [2.05, 4.69) is 4.98 Å². The van der Waals surface area contributed by atoms with Crippen LogP contribution in [0, 0.1) is 5.82 Å². The summed E-state index contributed by atoms with van der Waals surface area (Å²) < 4.78 is 20.0. The normalized spacial score (nSPS) is 11.2. The fourth-order valence-corrected chi connectivity index (χ4v) is 3.07. The van der Waals surface area contributed by atoms with E-state index >= 15 is 0 Å². The van der Waals surface area contributed by atoms with Crippen molar-refractivity contribution in [1.29, 1.82) is 0 Å². The Kier molecular flexibility index (Phi) is 6.86. The lowest BCUT2D eigenvalue weighted by Crippen LogP contribution is -2.40. The number of rotatable bonds is 8. The van der Waals surface area contributed by atoms with Crippen molar-refractivity contribution >= 4 is 23.5 Å². The highest BCUT2D eigenvalue weighted by molar-refractivity contribution is 6.04. The van der Waals surface area contributed by atoms with Crippen LogP contribution < -0.4 is 21.9 Å². The van der Waals surface area contributed by atoms with Gasteiger partial charge in [-0.1, -0.05) is 25.5 Å². The van der Waals surface area contributed by atoms with Gasteiger partial charge in [0.15, 0.2) is 5.69 Å². The van der Waals surface area contributed by atoms with Crippen molar-refractivity contribution in [3.63, 3.8) is 0 Å². The molecule has 0 saturated heterocycles. The average Bonchev–Trinajstić information content (AvgIpc) is 3.24. The molecule has 8 nitrogen and oxygen atoms in total. The Morgan fingerprint density at radius 2 is 2.10 bits per heavy atom. The standard InChI is InChI=1S/C22H23FN4O4/c1-2-3-11-26-20(24)19(21(29)25-22(26)30)27(14-17-8-5-12-31-17)18(28)10-9-15-6-4-7-16(23)13-15/h4-10,12-13H,2-3,11,14,24H2,1H3,(H,25,29,30)/b10-9+. The SMILES string of the molecule is CCCCn1c(N)c(N(Cc2ccco2)C(=O)/C=C/c2cccc(F)c2)c(=O)[nH]c1=O. The zero-order chi connectivity index (χ0) is 22.4. The largest absolute Gasteiger partial charge is 0.467 e. The maximum absolute atomic E-state index is 13.4. The van der Waals surface area contributed by atoms with E-state index in [1.807, 2.05) is 6.92 Å². The summed E-state index contributed by atoms with van der Waals surface area (Å²) in [7, 11) is 0. The van der Waals surface area contributed by atoms with E-state index in [1.54, 1.807) is 18.2 Å². The molecule has 0 atom stereocenters. The van der Waals surface area contributed by atoms with Crippen molar-refractivity contribution in [2.75, 3.05) is 10.6 Å². The van der Waals surface area contributed by atoms with Crippen LogP contribution in [0.1, 0.15) is 31.1 Å². The van der Waals surface area contributed by atoms with Gasteiger partial charge in [0.1, 0.15) is 17.4 Å². The third kappa shape index (κ3) is 5.19. The van der Waals surface area contributed by atoms with Crippen molar-refractivity contribution < 1.29 is 13.6 Å². The number of hydrogen-bond acceptors (Lipinski definition) is 5. The van der Waals surface area contributed by atoms with Gasteiger partial charge in [0.2, 0.25) is 0 Å². The van der Waals surface area contributed by atoms with Crippen LogP contribution in [0.15, 0.2) is 62.7 Å². The number of benzene rings is 1. The Morgan fingerprint density at radius 3 is 2.77 bits per heavy atom. The van der Waals surface area contributed by atoms with Crippen LogP contribution in [0.5, 0.6) is 0 Å². The number of H-pyrrole nitrogens is 1. The summed E-state index contributed by atoms with van der Waals surface area (Å²) in [6.07, 6.45) is 5.55. The molecule has 3 aromatic rings. The van der Waals surface area contributed by atoms with E-state index in [4.69, 9.17) is 10.2 Å². The highest BCUT2D eigenvalue weighted by atomic mass is 19.1. The average molecular weight is 426 g/mol. The summed E-state index contributed by atoms with van der Waals surface area (Å²) in [6, 6.07) is 9.02. The molecule has 31 heavy (non-hydrogen) atoms. The number of carbonyl (C=O) groups is 1. The zero-order valence-corrected chi connectivity index (χ0v) is 17.0. The molecule has 0 fully saturated rings. The van der Waals surface area contributed by atoms with Gasteiger partial charge in [0, 0.05) is 12.6 Å². The molecule has 0 radical (unpaired) electrons. The number of furan rings is 1. The van der Waals surface area contributed by atoms with Gasteiger partial charge >= 0.3 is 5.69 Å². The van der Waals surface area contributed by atoms with Gasteiger partial charge < -0.3 is 10.2 Å². The molecule has 0 aliphatic carbocycles. The first kappa shape index (κ1) is 21.8. The number of nitrogen functional groups attached to an aromatic ring is 1. The molecule has 9 heteroatoms. The van der Waals surface area contributed by atoms with Gasteiger partial charge in [-0.25, -0.2) is 9.18 Å². The summed E-state index contributed by atoms with van der Waals surface area (Å²) >= 11 is 0. The van der Waals surface area contributed by atoms with Crippen LogP contribution in [0.3, 0.4) is 0 Å². The molecule has 2 aromatic heterocycles. The van der Waals surface area contributed by atoms with Crippen LogP contribution >= 0.6 is 0 Å². The van der Waals surface area contributed by atoms with Crippen molar-refractivity contribution in [3.05, 3.63) is 86.7 Å². The van der Waals surface area contributed by atoms with Gasteiger partial charge in [-0.15, -0.1) is 0 Å². The summed E-state index contributed by atoms with van der Waals surface area (Å²) in [4.78, 5) is 41.3. The van der Waals surface area contributed by atoms with Gasteiger partial charge in [-0.2, -0.15) is 0 Å². The minimum atomic E-state index is -0.783. The number of nitrogens with two attached hydrogens (primary N) is 1. The van der Waals surface area contributed by atoms with E-state index < -0.39 is 23.0 Å². The molecule has 3 rings (SSSR count). The first-order valence-corrected chi connectivity index (χ1v) is 9.80. The number of amides is 1. The van der Waals surface area contributed by atoms with E-state index in [-0.39, 0.29) is 18.1 Å². The monoisotopic (exact) mass is 426 g/mol. The second-order valence-corrected chi connectivity index (χ2v) is 6.89. The molecule has 0 bridgehead atoms. The second-order valence-electron chi connectivity index (χ2n) is 6.89. The number of unbranched alkanes of at least 4 members (excludes halogenated alkanes) is 1. The molecule has 0 unspecified atom stereocenters. The van der Waals surface area contributed by atoms with E-state index in [9.17, 15) is 18.8 Å². The molecule has 0 spiro atoms. The molecule has 162 valence electrons. The lowest BCUT2D eigenvalue weighted by Gasteiger charge is -2.22. The van der Waals surface area contributed by atoms with Crippen molar-refractivity contribution in [1.82, 2.24) is 9.55 Å². The van der Waals surface area contributed by atoms with Gasteiger partial charge in [0.05, 0.1) is 12.8 Å². The third-order valence-electron chi connectivity index (χ3n) is 4.65. The Bertz CT molecular complexity index is 1190. The highest BCUT2D eigenvalue weighted by Gasteiger charge is 2.24. The Morgan fingerprint density at radius 1 is 1.29 bits per heavy atom. The Hall–Kier alpha value is -3.88. The zero-order valence-electron chi connectivity index (χ0n) is 17.0. The summed E-state index contributed by atoms with van der Waals surface area (Å²) in [5, 5.41) is 0. The quantitative estimate of drug-likeness (QED) is 0.538. The predicted octanol–water partition coefficient (Wildman–Crippen LogP) is 2.90. The summed E-state index contributed by atoms with van der Waals surface area (Å²) in [5.41, 5.74) is 5.07. The van der Waals surface area contributed by atoms with Crippen molar-refractivity contribution in [3.8, 4) is 0 Å². The first-order valence-electron chi connectivity index (χ1n) is 9.80. The summed E-state index contributed by atoms with van der Waals surface area (Å²) in [6.45, 7) is 2.17. The molecule has 0 saturated carbocycles. The molecule has 1 amide bonds. The Balaban J connectivity index is 2.04. The second kappa shape index (κ2) is 9.75. The molecular weight excluding hydrogens is 403 g/mol. The fourth-order valence-electron chi connectivity index (χ4n) is 3.07. The number of nitrogens with zero attached hydrogens (tertiary/aromatic N) is 2. The minimum absolute atomic E-state index is 0.0847. The summed E-state index contributed by atoms with van der Waals surface area (Å²) in [5.74, 6) is -0.719. The molecule has 3 N–H and O–H groups in total. The highest BCUT2D eigenvalue weighted by Crippen LogP contribution is 2.21. The van der Waals surface area contributed by atoms with Gasteiger partial charge in [-0.05, 0) is 42.3 Å². The van der Waals surface area contributed by atoms with E-state index in [1.165, 1.54) is 41.2 Å². The van der Waals surface area contributed by atoms with E-state index in [0.29, 0.717) is 24.3 Å². The van der Waals surface area contributed by atoms with Crippen LogP contribution in [-0.4, -0.2) is 15.5 Å². The minimum Gasteiger partial charge on any atom is -0.467 e. The first-order chi connectivity index (χ1) is 14.9. The molecule has 0 aliphatic rings. The number of carbonyl (C=O) groups excluding carboxylic acids is 1. The van der Waals surface area contributed by atoms with Crippen LogP contribution in [0.25, 0.3) is 6.08 Å². The van der Waals surface area contributed by atoms with Crippen LogP contribution in [0.4, 0.5) is 15.9 Å². The topological polar surface area (TPSA) is 114 Å². The molecule has 2 heterocycles. The lowest BCUT2D eigenvalue weighted by molar-refractivity contribution is -0.114. The molecule has 1 aromatic carbocycles. The fraction of sp³-hybridized carbons (Fsp3) is 0.227. The number of hydrogen-bond donors (Lipinski definition) is 2. The maximum atomic E-state index is 13.4. The van der Waals surface area contributed by atoms with Crippen molar-refractivity contribution in [2.45, 2.75) is 32.9 Å². The van der Waals surface area contributed by atoms with E-state index in [0.717, 1.165) is 11.3 Å².